The summed E-state index contributed by atoms with van der Waals surface area (Å²) in [5, 5.41) is 3.32. The molecule has 3 aliphatic heterocycles. The number of hydrogen-bond donors (Lipinski definition) is 1. The van der Waals surface area contributed by atoms with Crippen LogP contribution in [0.1, 0.15) is 12.8 Å². The van der Waals surface area contributed by atoms with E-state index in [1.54, 1.807) is 12.4 Å². The standard InChI is InChI=1S/C20H30N6O3/c27-18(24-5-2-6-26(8-7-24)20-22-3-1-4-23-20)16-13-17(15-21-14-16)19(28)25-9-11-29-12-10-25/h1,3-4,16-17,21H,2,5-15H2/t16-,17+/m1/s1. The fourth-order valence-corrected chi connectivity index (χ4v) is 4.41. The number of nitrogens with one attached hydrogen (secondary N) is 1. The number of morpholine rings is 1. The summed E-state index contributed by atoms with van der Waals surface area (Å²) in [7, 11) is 0. The van der Waals surface area contributed by atoms with E-state index in [9.17, 15) is 9.59 Å². The highest BCUT2D eigenvalue weighted by Gasteiger charge is 2.35. The molecule has 0 spiro atoms. The molecular formula is C20H30N6O3. The average Bonchev–Trinajstić information content (AvgIpc) is 3.06. The number of amides is 2. The molecule has 1 aromatic rings. The van der Waals surface area contributed by atoms with Gasteiger partial charge in [-0.05, 0) is 18.9 Å². The highest BCUT2D eigenvalue weighted by molar-refractivity contribution is 5.83. The van der Waals surface area contributed by atoms with Gasteiger partial charge in [0.25, 0.3) is 0 Å². The van der Waals surface area contributed by atoms with Crippen LogP contribution in [0.4, 0.5) is 5.95 Å². The first kappa shape index (κ1) is 20.0. The summed E-state index contributed by atoms with van der Waals surface area (Å²) in [5.74, 6) is 0.766. The summed E-state index contributed by atoms with van der Waals surface area (Å²) in [4.78, 5) is 40.7. The van der Waals surface area contributed by atoms with Crippen molar-refractivity contribution >= 4 is 17.8 Å². The van der Waals surface area contributed by atoms with E-state index in [1.807, 2.05) is 15.9 Å². The zero-order valence-corrected chi connectivity index (χ0v) is 16.8. The Balaban J connectivity index is 1.33. The van der Waals surface area contributed by atoms with Crippen molar-refractivity contribution in [1.29, 1.82) is 0 Å². The Morgan fingerprint density at radius 3 is 2.24 bits per heavy atom. The predicted octanol–water partition coefficient (Wildman–Crippen LogP) is -0.400. The Bertz CT molecular complexity index is 697. The van der Waals surface area contributed by atoms with Gasteiger partial charge in [-0.3, -0.25) is 9.59 Å². The largest absolute Gasteiger partial charge is 0.378 e. The Morgan fingerprint density at radius 1 is 0.897 bits per heavy atom. The summed E-state index contributed by atoms with van der Waals surface area (Å²) in [6.07, 6.45) is 5.01. The molecule has 29 heavy (non-hydrogen) atoms. The molecule has 2 amide bonds. The molecule has 0 aliphatic carbocycles. The lowest BCUT2D eigenvalue weighted by Gasteiger charge is -2.35. The van der Waals surface area contributed by atoms with E-state index in [0.717, 1.165) is 32.0 Å². The molecule has 3 aliphatic rings. The summed E-state index contributed by atoms with van der Waals surface area (Å²) in [6, 6.07) is 1.81. The third kappa shape index (κ3) is 4.84. The first-order valence-corrected chi connectivity index (χ1v) is 10.6. The van der Waals surface area contributed by atoms with Crippen LogP contribution in [0.5, 0.6) is 0 Å². The zero-order chi connectivity index (χ0) is 20.1. The first-order valence-electron chi connectivity index (χ1n) is 10.6. The van der Waals surface area contributed by atoms with Gasteiger partial charge in [-0.25, -0.2) is 9.97 Å². The number of piperidine rings is 1. The number of anilines is 1. The molecule has 0 unspecified atom stereocenters. The minimum Gasteiger partial charge on any atom is -0.378 e. The summed E-state index contributed by atoms with van der Waals surface area (Å²) >= 11 is 0. The van der Waals surface area contributed by atoms with Crippen molar-refractivity contribution in [3.05, 3.63) is 18.5 Å². The van der Waals surface area contributed by atoms with Crippen molar-refractivity contribution in [2.75, 3.05) is 70.5 Å². The Labute approximate surface area is 171 Å². The number of hydrogen-bond acceptors (Lipinski definition) is 7. The summed E-state index contributed by atoms with van der Waals surface area (Å²) < 4.78 is 5.35. The first-order chi connectivity index (χ1) is 14.2. The van der Waals surface area contributed by atoms with E-state index >= 15 is 0 Å². The highest BCUT2D eigenvalue weighted by atomic mass is 16.5. The Morgan fingerprint density at radius 2 is 1.55 bits per heavy atom. The molecule has 4 rings (SSSR count). The van der Waals surface area contributed by atoms with Crippen LogP contribution in [-0.4, -0.2) is 97.2 Å². The second-order valence-electron chi connectivity index (χ2n) is 7.94. The van der Waals surface area contributed by atoms with Crippen LogP contribution in [0.2, 0.25) is 0 Å². The smallest absolute Gasteiger partial charge is 0.227 e. The quantitative estimate of drug-likeness (QED) is 0.736. The van der Waals surface area contributed by atoms with Gasteiger partial charge in [-0.15, -0.1) is 0 Å². The molecule has 0 aromatic carbocycles. The molecule has 1 aromatic heterocycles. The van der Waals surface area contributed by atoms with Crippen molar-refractivity contribution in [2.45, 2.75) is 12.8 Å². The van der Waals surface area contributed by atoms with Crippen LogP contribution in [0.3, 0.4) is 0 Å². The second-order valence-corrected chi connectivity index (χ2v) is 7.94. The maximum atomic E-state index is 13.2. The van der Waals surface area contributed by atoms with Crippen LogP contribution in [-0.2, 0) is 14.3 Å². The SMILES string of the molecule is O=C([C@@H]1CNC[C@H](C(=O)N2CCCN(c3ncccn3)CC2)C1)N1CCOCC1. The molecule has 158 valence electrons. The van der Waals surface area contributed by atoms with Crippen LogP contribution in [0.15, 0.2) is 18.5 Å². The average molecular weight is 402 g/mol. The lowest BCUT2D eigenvalue weighted by atomic mass is 9.88. The number of carbonyl (C=O) groups excluding carboxylic acids is 2. The van der Waals surface area contributed by atoms with Gasteiger partial charge in [0.1, 0.15) is 0 Å². The molecule has 9 nitrogen and oxygen atoms in total. The monoisotopic (exact) mass is 402 g/mol. The third-order valence-corrected chi connectivity index (χ3v) is 6.01. The molecule has 9 heteroatoms. The molecule has 2 atom stereocenters. The lowest BCUT2D eigenvalue weighted by molar-refractivity contribution is -0.143. The highest BCUT2D eigenvalue weighted by Crippen LogP contribution is 2.22. The van der Waals surface area contributed by atoms with E-state index in [1.165, 1.54) is 0 Å². The van der Waals surface area contributed by atoms with Crippen LogP contribution in [0, 0.1) is 11.8 Å². The van der Waals surface area contributed by atoms with E-state index in [4.69, 9.17) is 4.74 Å². The topological polar surface area (TPSA) is 90.9 Å². The van der Waals surface area contributed by atoms with Gasteiger partial charge < -0.3 is 24.8 Å². The number of aromatic nitrogens is 2. The molecule has 1 N–H and O–H groups in total. The van der Waals surface area contributed by atoms with Gasteiger partial charge in [-0.2, -0.15) is 0 Å². The maximum absolute atomic E-state index is 13.2. The Kier molecular flexibility index (Phi) is 6.56. The minimum absolute atomic E-state index is 0.128. The number of nitrogens with zero attached hydrogens (tertiary/aromatic N) is 5. The zero-order valence-electron chi connectivity index (χ0n) is 16.8. The van der Waals surface area contributed by atoms with Crippen molar-refractivity contribution < 1.29 is 14.3 Å². The van der Waals surface area contributed by atoms with Gasteiger partial charge in [0.05, 0.1) is 25.0 Å². The summed E-state index contributed by atoms with van der Waals surface area (Å²) in [6.45, 7) is 6.77. The number of carbonyl (C=O) groups is 2. The Hall–Kier alpha value is -2.26. The van der Waals surface area contributed by atoms with Crippen molar-refractivity contribution in [3.63, 3.8) is 0 Å². The van der Waals surface area contributed by atoms with Crippen molar-refractivity contribution in [1.82, 2.24) is 25.1 Å². The number of rotatable bonds is 3. The fraction of sp³-hybridized carbons (Fsp3) is 0.700. The van der Waals surface area contributed by atoms with E-state index in [-0.39, 0.29) is 23.7 Å². The van der Waals surface area contributed by atoms with Gasteiger partial charge >= 0.3 is 0 Å². The number of ether oxygens (including phenoxy) is 1. The lowest BCUT2D eigenvalue weighted by Crippen LogP contribution is -2.52. The second kappa shape index (κ2) is 9.49. The minimum atomic E-state index is -0.140. The molecule has 4 heterocycles. The fourth-order valence-electron chi connectivity index (χ4n) is 4.41. The van der Waals surface area contributed by atoms with Gasteiger partial charge in [0.15, 0.2) is 0 Å². The van der Waals surface area contributed by atoms with Crippen LogP contribution >= 0.6 is 0 Å². The molecule has 0 bridgehead atoms. The predicted molar refractivity (Wildman–Crippen MR) is 107 cm³/mol. The van der Waals surface area contributed by atoms with E-state index < -0.39 is 0 Å². The molecular weight excluding hydrogens is 372 g/mol. The maximum Gasteiger partial charge on any atom is 0.227 e. The summed E-state index contributed by atoms with van der Waals surface area (Å²) in [5.41, 5.74) is 0. The van der Waals surface area contributed by atoms with E-state index in [0.29, 0.717) is 52.4 Å². The molecule has 3 saturated heterocycles. The normalized spacial score (nSPS) is 26.1. The third-order valence-electron chi connectivity index (χ3n) is 6.01. The van der Waals surface area contributed by atoms with Crippen LogP contribution < -0.4 is 10.2 Å². The van der Waals surface area contributed by atoms with Crippen molar-refractivity contribution in [3.8, 4) is 0 Å². The van der Waals surface area contributed by atoms with Crippen LogP contribution in [0.25, 0.3) is 0 Å². The van der Waals surface area contributed by atoms with Gasteiger partial charge in [-0.1, -0.05) is 0 Å². The molecule has 0 radical (unpaired) electrons. The van der Waals surface area contributed by atoms with E-state index in [2.05, 4.69) is 20.2 Å². The molecule has 3 fully saturated rings. The van der Waals surface area contributed by atoms with Gasteiger partial charge in [0.2, 0.25) is 17.8 Å². The molecule has 0 saturated carbocycles. The van der Waals surface area contributed by atoms with Crippen molar-refractivity contribution in [2.24, 2.45) is 11.8 Å². The van der Waals surface area contributed by atoms with Gasteiger partial charge in [0, 0.05) is 64.8 Å².